The van der Waals surface area contributed by atoms with Crippen LogP contribution in [0.1, 0.15) is 91.9 Å². The summed E-state index contributed by atoms with van der Waals surface area (Å²) in [4.78, 5) is 13.1. The minimum Gasteiger partial charge on any atom is -0.518 e. The minimum atomic E-state index is -2.02. The zero-order valence-corrected chi connectivity index (χ0v) is 19.5. The van der Waals surface area contributed by atoms with Gasteiger partial charge in [0.15, 0.2) is 0 Å². The monoisotopic (exact) mass is 396 g/mol. The van der Waals surface area contributed by atoms with Crippen LogP contribution in [0.4, 0.5) is 0 Å². The second-order valence-electron chi connectivity index (χ2n) is 8.86. The van der Waals surface area contributed by atoms with Crippen LogP contribution in [0.5, 0.6) is 0 Å². The first-order valence-electron chi connectivity index (χ1n) is 11.1. The lowest BCUT2D eigenvalue weighted by atomic mass is 10.2. The van der Waals surface area contributed by atoms with Crippen LogP contribution in [0.3, 0.4) is 0 Å². The number of carbonyl (C=O) groups is 1. The SMILES string of the molecule is CCCC[Si](OC(=O)C(C)C[Si]OC(C)C)(C1CCCC1)C1CCCC1. The van der Waals surface area contributed by atoms with Gasteiger partial charge in [0.2, 0.25) is 9.76 Å². The maximum Gasteiger partial charge on any atom is 0.295 e. The summed E-state index contributed by atoms with van der Waals surface area (Å²) < 4.78 is 12.4. The smallest absolute Gasteiger partial charge is 0.295 e. The molecule has 0 heterocycles. The molecule has 150 valence electrons. The molecule has 0 aromatic carbocycles. The predicted molar refractivity (Wildman–Crippen MR) is 112 cm³/mol. The van der Waals surface area contributed by atoms with Gasteiger partial charge in [-0.05, 0) is 62.7 Å². The van der Waals surface area contributed by atoms with E-state index in [-0.39, 0.29) is 18.0 Å². The Balaban J connectivity index is 2.09. The van der Waals surface area contributed by atoms with E-state index in [1.807, 2.05) is 6.92 Å². The van der Waals surface area contributed by atoms with Crippen LogP contribution in [0.15, 0.2) is 0 Å². The molecule has 0 aliphatic heterocycles. The van der Waals surface area contributed by atoms with Gasteiger partial charge in [-0.25, -0.2) is 0 Å². The first-order valence-corrected chi connectivity index (χ1v) is 14.5. The Labute approximate surface area is 165 Å². The number of unbranched alkanes of at least 4 members (excludes halogenated alkanes) is 1. The van der Waals surface area contributed by atoms with Gasteiger partial charge in [-0.3, -0.25) is 4.79 Å². The molecule has 1 atom stereocenters. The summed E-state index contributed by atoms with van der Waals surface area (Å²) in [6.07, 6.45) is 13.3. The van der Waals surface area contributed by atoms with E-state index in [1.54, 1.807) is 0 Å². The second-order valence-corrected chi connectivity index (χ2v) is 14.0. The van der Waals surface area contributed by atoms with Crippen LogP contribution in [-0.4, -0.2) is 30.2 Å². The summed E-state index contributed by atoms with van der Waals surface area (Å²) in [7, 11) is -1.62. The van der Waals surface area contributed by atoms with Crippen molar-refractivity contribution in [2.45, 2.75) is 121 Å². The van der Waals surface area contributed by atoms with Crippen molar-refractivity contribution in [3.8, 4) is 0 Å². The van der Waals surface area contributed by atoms with Crippen LogP contribution >= 0.6 is 0 Å². The molecular formula is C21H40O3Si2. The molecule has 0 amide bonds. The minimum absolute atomic E-state index is 0.0246. The lowest BCUT2D eigenvalue weighted by molar-refractivity contribution is -0.139. The maximum absolute atomic E-state index is 13.1. The maximum atomic E-state index is 13.1. The molecule has 1 unspecified atom stereocenters. The highest BCUT2D eigenvalue weighted by molar-refractivity contribution is 6.78. The summed E-state index contributed by atoms with van der Waals surface area (Å²) in [5, 5.41) is 0. The van der Waals surface area contributed by atoms with E-state index in [0.29, 0.717) is 9.76 Å². The van der Waals surface area contributed by atoms with E-state index in [2.05, 4.69) is 20.8 Å². The zero-order chi connectivity index (χ0) is 19.0. The molecule has 3 nitrogen and oxygen atoms in total. The molecule has 26 heavy (non-hydrogen) atoms. The van der Waals surface area contributed by atoms with Gasteiger partial charge >= 0.3 is 0 Å². The fourth-order valence-corrected chi connectivity index (χ4v) is 12.0. The highest BCUT2D eigenvalue weighted by Gasteiger charge is 2.53. The Kier molecular flexibility index (Phi) is 9.38. The largest absolute Gasteiger partial charge is 0.518 e. The van der Waals surface area contributed by atoms with E-state index >= 15 is 0 Å². The first-order chi connectivity index (χ1) is 12.5. The molecule has 0 spiro atoms. The van der Waals surface area contributed by atoms with Crippen molar-refractivity contribution in [1.82, 2.24) is 0 Å². The van der Waals surface area contributed by atoms with Crippen molar-refractivity contribution in [2.75, 3.05) is 0 Å². The van der Waals surface area contributed by atoms with Gasteiger partial charge in [-0.1, -0.05) is 52.4 Å². The van der Waals surface area contributed by atoms with Gasteiger partial charge < -0.3 is 8.85 Å². The van der Waals surface area contributed by atoms with Crippen molar-refractivity contribution in [3.63, 3.8) is 0 Å². The van der Waals surface area contributed by atoms with Crippen molar-refractivity contribution in [3.05, 3.63) is 0 Å². The van der Waals surface area contributed by atoms with Crippen LogP contribution in [0.2, 0.25) is 23.2 Å². The van der Waals surface area contributed by atoms with Crippen molar-refractivity contribution in [2.24, 2.45) is 5.92 Å². The highest BCUT2D eigenvalue weighted by atomic mass is 28.4. The Bertz CT molecular complexity index is 399. The molecule has 2 saturated carbocycles. The highest BCUT2D eigenvalue weighted by Crippen LogP contribution is 2.53. The van der Waals surface area contributed by atoms with E-state index in [0.717, 1.165) is 17.1 Å². The zero-order valence-electron chi connectivity index (χ0n) is 17.5. The molecule has 2 fully saturated rings. The van der Waals surface area contributed by atoms with Gasteiger partial charge in [-0.15, -0.1) is 0 Å². The molecule has 0 saturated heterocycles. The molecular weight excluding hydrogens is 356 g/mol. The average molecular weight is 397 g/mol. The summed E-state index contributed by atoms with van der Waals surface area (Å²) in [5.74, 6) is 0.0646. The van der Waals surface area contributed by atoms with Crippen LogP contribution < -0.4 is 0 Å². The molecule has 2 radical (unpaired) electrons. The van der Waals surface area contributed by atoms with Crippen LogP contribution in [-0.2, 0) is 13.6 Å². The van der Waals surface area contributed by atoms with Crippen molar-refractivity contribution in [1.29, 1.82) is 0 Å². The summed E-state index contributed by atoms with van der Waals surface area (Å²) in [6, 6.07) is 2.02. The van der Waals surface area contributed by atoms with Crippen molar-refractivity contribution >= 4 is 24.0 Å². The van der Waals surface area contributed by atoms with Gasteiger partial charge in [0.1, 0.15) is 0 Å². The topological polar surface area (TPSA) is 35.5 Å². The van der Waals surface area contributed by atoms with Gasteiger partial charge in [0.05, 0.1) is 5.92 Å². The Hall–Kier alpha value is -0.136. The third-order valence-electron chi connectivity index (χ3n) is 6.42. The third-order valence-corrected chi connectivity index (χ3v) is 13.5. The molecule has 0 aromatic heterocycles. The molecule has 0 N–H and O–H groups in total. The van der Waals surface area contributed by atoms with Crippen molar-refractivity contribution < 1.29 is 13.6 Å². The average Bonchev–Trinajstić information content (AvgIpc) is 3.31. The first kappa shape index (κ1) is 22.2. The van der Waals surface area contributed by atoms with Gasteiger partial charge in [-0.2, -0.15) is 0 Å². The molecule has 2 rings (SSSR count). The molecule has 5 heteroatoms. The van der Waals surface area contributed by atoms with Crippen LogP contribution in [0.25, 0.3) is 0 Å². The van der Waals surface area contributed by atoms with E-state index in [9.17, 15) is 4.79 Å². The molecule has 0 aromatic rings. The Morgan fingerprint density at radius 2 is 1.58 bits per heavy atom. The van der Waals surface area contributed by atoms with Gasteiger partial charge in [0, 0.05) is 6.10 Å². The third kappa shape index (κ3) is 5.93. The molecule has 2 aliphatic rings. The molecule has 2 aliphatic carbocycles. The fourth-order valence-electron chi connectivity index (χ4n) is 4.95. The standard InChI is InChI=1S/C21H40O3Si2/c1-5-6-15-26(19-11-7-8-12-19,20-13-9-10-14-20)24-21(22)18(4)16-25-23-17(2)3/h17-20H,5-16H2,1-4H3. The quantitative estimate of drug-likeness (QED) is 0.386. The van der Waals surface area contributed by atoms with E-state index < -0.39 is 8.32 Å². The predicted octanol–water partition coefficient (Wildman–Crippen LogP) is 6.26. The lowest BCUT2D eigenvalue weighted by Gasteiger charge is -2.41. The summed E-state index contributed by atoms with van der Waals surface area (Å²) in [5.41, 5.74) is 1.45. The van der Waals surface area contributed by atoms with Crippen LogP contribution in [0, 0.1) is 5.92 Å². The van der Waals surface area contributed by atoms with E-state index in [1.165, 1.54) is 70.3 Å². The molecule has 0 bridgehead atoms. The Morgan fingerprint density at radius 3 is 2.04 bits per heavy atom. The lowest BCUT2D eigenvalue weighted by Crippen LogP contribution is -2.49. The Morgan fingerprint density at radius 1 is 1.04 bits per heavy atom. The number of carbonyl (C=O) groups excluding carboxylic acids is 1. The number of hydrogen-bond donors (Lipinski definition) is 0. The van der Waals surface area contributed by atoms with Gasteiger partial charge in [0.25, 0.3) is 14.3 Å². The number of rotatable bonds is 11. The normalized spacial score (nSPS) is 20.8. The van der Waals surface area contributed by atoms with E-state index in [4.69, 9.17) is 8.85 Å². The second kappa shape index (κ2) is 11.0. The fraction of sp³-hybridized carbons (Fsp3) is 0.952. The number of hydrogen-bond acceptors (Lipinski definition) is 3. The summed E-state index contributed by atoms with van der Waals surface area (Å²) >= 11 is 0. The summed E-state index contributed by atoms with van der Waals surface area (Å²) in [6.45, 7) is 8.43.